The first-order valence-electron chi connectivity index (χ1n) is 22.7. The van der Waals surface area contributed by atoms with Crippen LogP contribution in [0.15, 0.2) is 0 Å². The molecule has 0 spiro atoms. The first-order valence-corrected chi connectivity index (χ1v) is 22.7. The number of rotatable bonds is 8. The molecule has 0 unspecified atom stereocenters. The van der Waals surface area contributed by atoms with Crippen LogP contribution in [0.1, 0.15) is 165 Å². The highest BCUT2D eigenvalue weighted by atomic mass is 16.5. The topological polar surface area (TPSA) is 95.9 Å². The SMILES string of the molecule is CC(C)[C@@H]1CC[C@]2(C(=O)NC3(CN4CCCC4)CCC3)CC[C@]3(C)[C@H](CC[C@@H]4[C@@]5(C)CC[C@H](OC(=O)[C@H]6C[C@@H](C(=O)O)C6(C)C)C(C)(C)[C@@H]5CC[C@]43C)[C@@H]12. The van der Waals surface area contributed by atoms with Crippen molar-refractivity contribution in [2.24, 2.45) is 79.8 Å². The molecule has 7 nitrogen and oxygen atoms in total. The summed E-state index contributed by atoms with van der Waals surface area (Å²) in [4.78, 5) is 43.1. The van der Waals surface area contributed by atoms with E-state index in [1.54, 1.807) is 0 Å². The number of nitrogens with zero attached hydrogens (tertiary/aromatic N) is 1. The molecule has 1 amide bonds. The lowest BCUT2D eigenvalue weighted by Gasteiger charge is -2.73. The third-order valence-electron chi connectivity index (χ3n) is 20.3. The molecule has 1 heterocycles. The van der Waals surface area contributed by atoms with Gasteiger partial charge in [0, 0.05) is 12.0 Å². The van der Waals surface area contributed by atoms with Crippen molar-refractivity contribution in [1.82, 2.24) is 10.2 Å². The maximum atomic E-state index is 15.1. The second-order valence-corrected chi connectivity index (χ2v) is 23.2. The molecule has 54 heavy (non-hydrogen) atoms. The van der Waals surface area contributed by atoms with Crippen LogP contribution in [0.25, 0.3) is 0 Å². The molecule has 7 aliphatic carbocycles. The van der Waals surface area contributed by atoms with Crippen LogP contribution in [-0.4, -0.2) is 59.1 Å². The number of esters is 1. The minimum atomic E-state index is -0.805. The Morgan fingerprint density at radius 2 is 1.44 bits per heavy atom. The van der Waals surface area contributed by atoms with Gasteiger partial charge in [0.1, 0.15) is 6.10 Å². The van der Waals surface area contributed by atoms with E-state index in [4.69, 9.17) is 4.74 Å². The molecule has 12 atom stereocenters. The number of aliphatic carboxylic acids is 1. The van der Waals surface area contributed by atoms with Crippen molar-refractivity contribution in [2.75, 3.05) is 19.6 Å². The summed E-state index contributed by atoms with van der Waals surface area (Å²) >= 11 is 0. The minimum Gasteiger partial charge on any atom is -0.481 e. The molecule has 304 valence electrons. The average Bonchev–Trinajstić information content (AvgIpc) is 3.73. The molecule has 7 heteroatoms. The van der Waals surface area contributed by atoms with Crippen LogP contribution in [0.3, 0.4) is 0 Å². The van der Waals surface area contributed by atoms with E-state index in [2.05, 4.69) is 58.7 Å². The molecule has 0 aromatic carbocycles. The molecule has 7 saturated carbocycles. The van der Waals surface area contributed by atoms with Gasteiger partial charge in [-0.25, -0.2) is 0 Å². The third-order valence-corrected chi connectivity index (χ3v) is 20.3. The Hall–Kier alpha value is -1.63. The maximum absolute atomic E-state index is 15.1. The average molecular weight is 749 g/mol. The van der Waals surface area contributed by atoms with Gasteiger partial charge in [-0.2, -0.15) is 0 Å². The zero-order valence-corrected chi connectivity index (χ0v) is 35.7. The molecule has 1 saturated heterocycles. The lowest BCUT2D eigenvalue weighted by Crippen LogP contribution is -2.68. The molecule has 0 radical (unpaired) electrons. The summed E-state index contributed by atoms with van der Waals surface area (Å²) in [6.45, 7) is 24.9. The van der Waals surface area contributed by atoms with E-state index in [-0.39, 0.29) is 50.6 Å². The van der Waals surface area contributed by atoms with Crippen molar-refractivity contribution in [3.8, 4) is 0 Å². The van der Waals surface area contributed by atoms with Gasteiger partial charge in [0.25, 0.3) is 0 Å². The van der Waals surface area contributed by atoms with E-state index in [1.165, 1.54) is 58.0 Å². The van der Waals surface area contributed by atoms with Gasteiger partial charge in [-0.3, -0.25) is 14.4 Å². The van der Waals surface area contributed by atoms with Gasteiger partial charge in [0.15, 0.2) is 0 Å². The van der Waals surface area contributed by atoms with Crippen LogP contribution in [0.4, 0.5) is 0 Å². The largest absolute Gasteiger partial charge is 0.481 e. The highest BCUT2D eigenvalue weighted by molar-refractivity contribution is 5.85. The van der Waals surface area contributed by atoms with Gasteiger partial charge in [0.2, 0.25) is 5.91 Å². The van der Waals surface area contributed by atoms with Crippen molar-refractivity contribution >= 4 is 17.8 Å². The van der Waals surface area contributed by atoms with Crippen LogP contribution >= 0.6 is 0 Å². The number of fused-ring (bicyclic) bond motifs is 7. The van der Waals surface area contributed by atoms with E-state index in [0.717, 1.165) is 57.9 Å². The van der Waals surface area contributed by atoms with E-state index < -0.39 is 17.3 Å². The number of carboxylic acids is 1. The molecule has 0 aromatic rings. The quantitative estimate of drug-likeness (QED) is 0.240. The number of amides is 1. The van der Waals surface area contributed by atoms with Gasteiger partial charge in [-0.05, 0) is 173 Å². The third kappa shape index (κ3) is 5.43. The number of nitrogens with one attached hydrogen (secondary N) is 1. The first-order chi connectivity index (χ1) is 25.3. The molecule has 8 aliphatic rings. The summed E-state index contributed by atoms with van der Waals surface area (Å²) in [6, 6.07) is 0. The molecular formula is C47H76N2O5. The first kappa shape index (κ1) is 39.2. The van der Waals surface area contributed by atoms with E-state index in [1.807, 2.05) is 13.8 Å². The van der Waals surface area contributed by atoms with Crippen molar-refractivity contribution in [1.29, 1.82) is 0 Å². The number of hydrogen-bond acceptors (Lipinski definition) is 5. The molecule has 0 aromatic heterocycles. The Morgan fingerprint density at radius 3 is 2.06 bits per heavy atom. The molecule has 8 rings (SSSR count). The van der Waals surface area contributed by atoms with Gasteiger partial charge in [-0.15, -0.1) is 0 Å². The molecule has 2 N–H and O–H groups in total. The number of carbonyl (C=O) groups is 3. The van der Waals surface area contributed by atoms with E-state index >= 15 is 4.79 Å². The Kier molecular flexibility index (Phi) is 9.39. The zero-order valence-electron chi connectivity index (χ0n) is 35.7. The fourth-order valence-corrected chi connectivity index (χ4v) is 16.6. The zero-order chi connectivity index (χ0) is 38.9. The Bertz CT molecular complexity index is 1510. The second kappa shape index (κ2) is 12.9. The monoisotopic (exact) mass is 749 g/mol. The van der Waals surface area contributed by atoms with Gasteiger partial charge < -0.3 is 20.1 Å². The van der Waals surface area contributed by atoms with Crippen molar-refractivity contribution < 1.29 is 24.2 Å². The number of carboxylic acid groups (broad SMARTS) is 1. The maximum Gasteiger partial charge on any atom is 0.309 e. The van der Waals surface area contributed by atoms with E-state index in [9.17, 15) is 14.7 Å². The van der Waals surface area contributed by atoms with Gasteiger partial charge in [0.05, 0.1) is 22.8 Å². The van der Waals surface area contributed by atoms with Crippen molar-refractivity contribution in [3.05, 3.63) is 0 Å². The number of ether oxygens (including phenoxy) is 1. The van der Waals surface area contributed by atoms with Crippen LogP contribution < -0.4 is 5.32 Å². The summed E-state index contributed by atoms with van der Waals surface area (Å²) in [7, 11) is 0. The molecule has 8 fully saturated rings. The summed E-state index contributed by atoms with van der Waals surface area (Å²) < 4.78 is 6.46. The van der Waals surface area contributed by atoms with Crippen LogP contribution in [-0.2, 0) is 19.1 Å². The Morgan fingerprint density at radius 1 is 0.741 bits per heavy atom. The number of hydrogen-bond donors (Lipinski definition) is 2. The lowest BCUT2D eigenvalue weighted by molar-refractivity contribution is -0.252. The highest BCUT2D eigenvalue weighted by Gasteiger charge is 2.72. The summed E-state index contributed by atoms with van der Waals surface area (Å²) in [6.07, 6.45) is 17.7. The lowest BCUT2D eigenvalue weighted by atomic mass is 9.32. The summed E-state index contributed by atoms with van der Waals surface area (Å²) in [5, 5.41) is 13.6. The van der Waals surface area contributed by atoms with Crippen LogP contribution in [0.2, 0.25) is 0 Å². The van der Waals surface area contributed by atoms with E-state index in [0.29, 0.717) is 47.8 Å². The Balaban J connectivity index is 1.03. The van der Waals surface area contributed by atoms with Crippen LogP contribution in [0, 0.1) is 79.8 Å². The predicted octanol–water partition coefficient (Wildman–Crippen LogP) is 9.52. The van der Waals surface area contributed by atoms with Gasteiger partial charge in [-0.1, -0.05) is 62.3 Å². The van der Waals surface area contributed by atoms with Gasteiger partial charge >= 0.3 is 11.9 Å². The molecule has 1 aliphatic heterocycles. The summed E-state index contributed by atoms with van der Waals surface area (Å²) in [5.41, 5.74) is -0.381. The number of likely N-dealkylation sites (tertiary alicyclic amines) is 1. The van der Waals surface area contributed by atoms with Crippen LogP contribution in [0.5, 0.6) is 0 Å². The normalized spacial score (nSPS) is 47.2. The summed E-state index contributed by atoms with van der Waals surface area (Å²) in [5.74, 6) is 1.94. The standard InChI is InChI=1S/C47H76N2O5/c1-29(2)30-15-22-47(40(53)48-46(18-12-19-46)28-49-25-10-11-26-49)24-23-44(8)31(37(30)47)13-14-35-43(7)20-17-36(42(5,6)34(43)16-21-45(35,44)9)54-39(52)33-27-32(38(50)51)41(33,3)4/h29-37H,10-28H2,1-9H3,(H,48,53)(H,50,51)/t30-,31+,32-,33+,34-,35+,36-,37+,43-,44+,45+,47-/m0/s1. The van der Waals surface area contributed by atoms with Crippen molar-refractivity contribution in [2.45, 2.75) is 177 Å². The molecular weight excluding hydrogens is 673 g/mol. The Labute approximate surface area is 327 Å². The minimum absolute atomic E-state index is 0.0110. The smallest absolute Gasteiger partial charge is 0.309 e. The van der Waals surface area contributed by atoms with Crippen molar-refractivity contribution in [3.63, 3.8) is 0 Å². The second-order valence-electron chi connectivity index (χ2n) is 23.2. The highest BCUT2D eigenvalue weighted by Crippen LogP contribution is 2.78. The fourth-order valence-electron chi connectivity index (χ4n) is 16.6. The molecule has 0 bridgehead atoms. The fraction of sp³-hybridized carbons (Fsp3) is 0.936. The number of carbonyl (C=O) groups excluding carboxylic acids is 2. The predicted molar refractivity (Wildman–Crippen MR) is 212 cm³/mol.